The van der Waals surface area contributed by atoms with Crippen molar-refractivity contribution in [3.8, 4) is 0 Å². The maximum atomic E-state index is 2.44. The van der Waals surface area contributed by atoms with Gasteiger partial charge in [0.05, 0.1) is 0 Å². The van der Waals surface area contributed by atoms with Crippen LogP contribution < -0.4 is 4.90 Å². The molecule has 2 heteroatoms. The van der Waals surface area contributed by atoms with Crippen LogP contribution in [0.3, 0.4) is 0 Å². The standard InChI is InChI=1S/C22H23NS/c1-2-24-22-15-13-21(14-16-22)23(17-19-9-5-3-6-10-19)18-20-11-7-4-8-12-20/h3-16H,2,17-18H2,1H3. The van der Waals surface area contributed by atoms with E-state index in [-0.39, 0.29) is 0 Å². The molecule has 0 amide bonds. The molecule has 0 atom stereocenters. The average molecular weight is 334 g/mol. The van der Waals surface area contributed by atoms with E-state index in [2.05, 4.69) is 96.8 Å². The quantitative estimate of drug-likeness (QED) is 0.487. The first kappa shape index (κ1) is 16.7. The number of thioether (sulfide) groups is 1. The predicted molar refractivity (Wildman–Crippen MR) is 106 cm³/mol. The Labute approximate surface area is 149 Å². The van der Waals surface area contributed by atoms with E-state index in [1.165, 1.54) is 21.7 Å². The fraction of sp³-hybridized carbons (Fsp3) is 0.182. The maximum absolute atomic E-state index is 2.44. The SMILES string of the molecule is CCSc1ccc(N(Cc2ccccc2)Cc2ccccc2)cc1. The van der Waals surface area contributed by atoms with Gasteiger partial charge in [-0.1, -0.05) is 67.6 Å². The van der Waals surface area contributed by atoms with Gasteiger partial charge in [0.15, 0.2) is 0 Å². The van der Waals surface area contributed by atoms with Gasteiger partial charge < -0.3 is 4.90 Å². The molecule has 0 radical (unpaired) electrons. The van der Waals surface area contributed by atoms with Gasteiger partial charge in [-0.25, -0.2) is 0 Å². The Morgan fingerprint density at radius 2 is 1.17 bits per heavy atom. The van der Waals surface area contributed by atoms with Crippen LogP contribution in [0.15, 0.2) is 89.8 Å². The molecule has 0 fully saturated rings. The number of nitrogens with zero attached hydrogens (tertiary/aromatic N) is 1. The lowest BCUT2D eigenvalue weighted by Crippen LogP contribution is -2.22. The third kappa shape index (κ3) is 4.65. The van der Waals surface area contributed by atoms with Crippen molar-refractivity contribution in [2.45, 2.75) is 24.9 Å². The molecule has 122 valence electrons. The molecular weight excluding hydrogens is 310 g/mol. The summed E-state index contributed by atoms with van der Waals surface area (Å²) >= 11 is 1.89. The van der Waals surface area contributed by atoms with Gasteiger partial charge in [-0.2, -0.15) is 0 Å². The minimum atomic E-state index is 0.913. The molecule has 0 saturated heterocycles. The van der Waals surface area contributed by atoms with Crippen molar-refractivity contribution < 1.29 is 0 Å². The summed E-state index contributed by atoms with van der Waals surface area (Å²) in [4.78, 5) is 3.77. The van der Waals surface area contributed by atoms with Crippen molar-refractivity contribution >= 4 is 17.4 Å². The summed E-state index contributed by atoms with van der Waals surface area (Å²) in [6.45, 7) is 4.02. The molecule has 0 bridgehead atoms. The Kier molecular flexibility index (Phi) is 5.97. The highest BCUT2D eigenvalue weighted by atomic mass is 32.2. The van der Waals surface area contributed by atoms with Crippen LogP contribution in [0.25, 0.3) is 0 Å². The third-order valence-electron chi connectivity index (χ3n) is 3.95. The van der Waals surface area contributed by atoms with Crippen LogP contribution >= 0.6 is 11.8 Å². The van der Waals surface area contributed by atoms with Crippen LogP contribution in [0.2, 0.25) is 0 Å². The number of benzene rings is 3. The van der Waals surface area contributed by atoms with E-state index in [4.69, 9.17) is 0 Å². The summed E-state index contributed by atoms with van der Waals surface area (Å²) < 4.78 is 0. The lowest BCUT2D eigenvalue weighted by atomic mass is 10.1. The second-order valence-corrected chi connectivity index (χ2v) is 7.09. The van der Waals surface area contributed by atoms with Crippen molar-refractivity contribution in [3.63, 3.8) is 0 Å². The van der Waals surface area contributed by atoms with E-state index in [9.17, 15) is 0 Å². The summed E-state index contributed by atoms with van der Waals surface area (Å²) in [6.07, 6.45) is 0. The number of hydrogen-bond acceptors (Lipinski definition) is 2. The van der Waals surface area contributed by atoms with Crippen LogP contribution in [0.4, 0.5) is 5.69 Å². The second-order valence-electron chi connectivity index (χ2n) is 5.75. The highest BCUT2D eigenvalue weighted by Gasteiger charge is 2.08. The summed E-state index contributed by atoms with van der Waals surface area (Å²) in [6, 6.07) is 30.3. The molecule has 3 aromatic rings. The molecule has 0 spiro atoms. The first-order chi connectivity index (χ1) is 11.8. The van der Waals surface area contributed by atoms with Gasteiger partial charge in [-0.15, -0.1) is 11.8 Å². The Morgan fingerprint density at radius 3 is 1.62 bits per heavy atom. The molecule has 0 aromatic heterocycles. The van der Waals surface area contributed by atoms with Crippen molar-refractivity contribution in [1.82, 2.24) is 0 Å². The Hall–Kier alpha value is -2.19. The zero-order chi connectivity index (χ0) is 16.6. The molecule has 0 aliphatic carbocycles. The van der Waals surface area contributed by atoms with E-state index >= 15 is 0 Å². The smallest absolute Gasteiger partial charge is 0.0433 e. The fourth-order valence-electron chi connectivity index (χ4n) is 2.77. The molecule has 1 nitrogen and oxygen atoms in total. The van der Waals surface area contributed by atoms with E-state index in [1.54, 1.807) is 0 Å². The first-order valence-corrected chi connectivity index (χ1v) is 9.39. The van der Waals surface area contributed by atoms with Gasteiger partial charge >= 0.3 is 0 Å². The zero-order valence-electron chi connectivity index (χ0n) is 14.1. The molecule has 0 N–H and O–H groups in total. The third-order valence-corrected chi connectivity index (χ3v) is 4.84. The molecule has 0 heterocycles. The van der Waals surface area contributed by atoms with E-state index in [1.807, 2.05) is 11.8 Å². The van der Waals surface area contributed by atoms with E-state index in [0.29, 0.717) is 0 Å². The Balaban J connectivity index is 1.83. The maximum Gasteiger partial charge on any atom is 0.0433 e. The van der Waals surface area contributed by atoms with E-state index in [0.717, 1.165) is 18.8 Å². The molecule has 0 unspecified atom stereocenters. The summed E-state index contributed by atoms with van der Waals surface area (Å²) in [7, 11) is 0. The molecule has 0 saturated carbocycles. The number of rotatable bonds is 7. The van der Waals surface area contributed by atoms with Crippen LogP contribution in [-0.2, 0) is 13.1 Å². The van der Waals surface area contributed by atoms with Crippen LogP contribution in [-0.4, -0.2) is 5.75 Å². The molecule has 3 rings (SSSR count). The lowest BCUT2D eigenvalue weighted by Gasteiger charge is -2.25. The zero-order valence-corrected chi connectivity index (χ0v) is 14.9. The largest absolute Gasteiger partial charge is 0.363 e. The lowest BCUT2D eigenvalue weighted by molar-refractivity contribution is 0.799. The van der Waals surface area contributed by atoms with Gasteiger partial charge in [0.25, 0.3) is 0 Å². The van der Waals surface area contributed by atoms with Crippen molar-refractivity contribution in [2.24, 2.45) is 0 Å². The highest BCUT2D eigenvalue weighted by Crippen LogP contribution is 2.24. The van der Waals surface area contributed by atoms with Gasteiger partial charge in [0.2, 0.25) is 0 Å². The van der Waals surface area contributed by atoms with E-state index < -0.39 is 0 Å². The summed E-state index contributed by atoms with van der Waals surface area (Å²) in [5, 5.41) is 0. The number of anilines is 1. The minimum absolute atomic E-state index is 0.913. The Bertz CT molecular complexity index is 681. The molecule has 0 aliphatic heterocycles. The first-order valence-electron chi connectivity index (χ1n) is 8.41. The average Bonchev–Trinajstić information content (AvgIpc) is 2.64. The molecule has 3 aromatic carbocycles. The second kappa shape index (κ2) is 8.60. The van der Waals surface area contributed by atoms with Gasteiger partial charge in [-0.3, -0.25) is 0 Å². The van der Waals surface area contributed by atoms with Crippen LogP contribution in [0.5, 0.6) is 0 Å². The van der Waals surface area contributed by atoms with Crippen LogP contribution in [0.1, 0.15) is 18.1 Å². The predicted octanol–water partition coefficient (Wildman–Crippen LogP) is 6.01. The van der Waals surface area contributed by atoms with Gasteiger partial charge in [0, 0.05) is 23.7 Å². The molecule has 0 aliphatic rings. The molecular formula is C22H23NS. The number of hydrogen-bond donors (Lipinski definition) is 0. The normalized spacial score (nSPS) is 10.5. The monoisotopic (exact) mass is 333 g/mol. The summed E-state index contributed by atoms with van der Waals surface area (Å²) in [5.41, 5.74) is 3.93. The fourth-order valence-corrected chi connectivity index (χ4v) is 3.43. The van der Waals surface area contributed by atoms with Crippen molar-refractivity contribution in [1.29, 1.82) is 0 Å². The van der Waals surface area contributed by atoms with Crippen LogP contribution in [0, 0.1) is 0 Å². The minimum Gasteiger partial charge on any atom is -0.363 e. The van der Waals surface area contributed by atoms with Crippen molar-refractivity contribution in [3.05, 3.63) is 96.1 Å². The highest BCUT2D eigenvalue weighted by molar-refractivity contribution is 7.99. The van der Waals surface area contributed by atoms with Gasteiger partial charge in [0.1, 0.15) is 0 Å². The topological polar surface area (TPSA) is 3.24 Å². The Morgan fingerprint density at radius 1 is 0.667 bits per heavy atom. The molecule has 24 heavy (non-hydrogen) atoms. The summed E-state index contributed by atoms with van der Waals surface area (Å²) in [5.74, 6) is 1.11. The van der Waals surface area contributed by atoms with Crippen molar-refractivity contribution in [2.75, 3.05) is 10.7 Å². The van der Waals surface area contributed by atoms with Gasteiger partial charge in [-0.05, 0) is 41.1 Å².